The van der Waals surface area contributed by atoms with E-state index >= 15 is 0 Å². The third kappa shape index (κ3) is 5.74. The van der Waals surface area contributed by atoms with Gasteiger partial charge >= 0.3 is 0 Å². The molecule has 0 aromatic heterocycles. The highest BCUT2D eigenvalue weighted by molar-refractivity contribution is 5.85. The Morgan fingerprint density at radius 3 is 2.27 bits per heavy atom. The number of nitrogens with zero attached hydrogens (tertiary/aromatic N) is 1. The third-order valence-electron chi connectivity index (χ3n) is 3.16. The maximum Gasteiger partial charge on any atom is 0.0824 e. The van der Waals surface area contributed by atoms with Gasteiger partial charge in [-0.1, -0.05) is 33.6 Å². The molecule has 0 aromatic rings. The quantitative estimate of drug-likeness (QED) is 0.601. The fraction of sp³-hybridized carbons (Fsp3) is 1.00. The Bertz CT molecular complexity index is 147. The van der Waals surface area contributed by atoms with Crippen LogP contribution in [0.5, 0.6) is 0 Å². The first-order valence-corrected chi connectivity index (χ1v) is 6.17. The summed E-state index contributed by atoms with van der Waals surface area (Å²) in [4.78, 5) is 2.58. The molecule has 15 heavy (non-hydrogen) atoms. The Morgan fingerprint density at radius 2 is 1.87 bits per heavy atom. The van der Waals surface area contributed by atoms with Crippen LogP contribution in [0, 0.1) is 0 Å². The fourth-order valence-electron chi connectivity index (χ4n) is 2.14. The molecule has 0 spiro atoms. The average Bonchev–Trinajstić information content (AvgIpc) is 2.99. The van der Waals surface area contributed by atoms with Gasteiger partial charge in [0.05, 0.1) is 12.7 Å². The number of epoxide rings is 1. The van der Waals surface area contributed by atoms with Gasteiger partial charge in [-0.3, -0.25) is 0 Å². The first-order valence-electron chi connectivity index (χ1n) is 6.17. The molecule has 92 valence electrons. The zero-order valence-corrected chi connectivity index (χ0v) is 11.2. The summed E-state index contributed by atoms with van der Waals surface area (Å²) in [7, 11) is 0. The van der Waals surface area contributed by atoms with Crippen molar-refractivity contribution in [3.05, 3.63) is 0 Å². The molecule has 0 N–H and O–H groups in total. The lowest BCUT2D eigenvalue weighted by Gasteiger charge is -2.29. The number of unbranched alkanes of at least 4 members (excludes halogenated alkanes) is 1. The largest absolute Gasteiger partial charge is 0.373 e. The number of ether oxygens (including phenoxy) is 1. The van der Waals surface area contributed by atoms with Gasteiger partial charge in [0.25, 0.3) is 0 Å². The van der Waals surface area contributed by atoms with E-state index in [1.165, 1.54) is 38.8 Å². The van der Waals surface area contributed by atoms with Crippen molar-refractivity contribution in [3.8, 4) is 0 Å². The van der Waals surface area contributed by atoms with E-state index in [0.717, 1.165) is 12.6 Å². The van der Waals surface area contributed by atoms with Crippen LogP contribution in [0.1, 0.15) is 46.5 Å². The first-order chi connectivity index (χ1) is 6.81. The van der Waals surface area contributed by atoms with Crippen molar-refractivity contribution < 1.29 is 4.74 Å². The maximum absolute atomic E-state index is 5.33. The van der Waals surface area contributed by atoms with Crippen LogP contribution in [-0.2, 0) is 4.74 Å². The summed E-state index contributed by atoms with van der Waals surface area (Å²) in [6.45, 7) is 10.2. The molecule has 1 rings (SSSR count). The first kappa shape index (κ1) is 15.2. The van der Waals surface area contributed by atoms with Gasteiger partial charge in [0.1, 0.15) is 0 Å². The maximum atomic E-state index is 5.33. The normalized spacial score (nSPS) is 21.2. The molecule has 0 aromatic carbocycles. The molecule has 1 fully saturated rings. The zero-order chi connectivity index (χ0) is 10.4. The molecule has 0 saturated carbocycles. The predicted molar refractivity (Wildman–Crippen MR) is 67.8 cm³/mol. The zero-order valence-electron chi connectivity index (χ0n) is 10.4. The van der Waals surface area contributed by atoms with Crippen molar-refractivity contribution in [3.63, 3.8) is 0 Å². The van der Waals surface area contributed by atoms with Crippen LogP contribution < -0.4 is 0 Å². The second-order valence-electron chi connectivity index (χ2n) is 4.21. The number of hydrogen-bond donors (Lipinski definition) is 0. The van der Waals surface area contributed by atoms with Gasteiger partial charge in [-0.05, 0) is 25.9 Å². The van der Waals surface area contributed by atoms with E-state index in [0.29, 0.717) is 6.10 Å². The van der Waals surface area contributed by atoms with E-state index in [4.69, 9.17) is 4.74 Å². The fourth-order valence-corrected chi connectivity index (χ4v) is 2.14. The summed E-state index contributed by atoms with van der Waals surface area (Å²) >= 11 is 0. The monoisotopic (exact) mass is 235 g/mol. The van der Waals surface area contributed by atoms with Crippen molar-refractivity contribution in [1.29, 1.82) is 0 Å². The molecule has 0 amide bonds. The molecule has 0 bridgehead atoms. The summed E-state index contributed by atoms with van der Waals surface area (Å²) in [5, 5.41) is 0. The smallest absolute Gasteiger partial charge is 0.0824 e. The van der Waals surface area contributed by atoms with E-state index in [1.54, 1.807) is 0 Å². The summed E-state index contributed by atoms with van der Waals surface area (Å²) in [6, 6.07) is 0.762. The Labute approximate surface area is 101 Å². The van der Waals surface area contributed by atoms with Gasteiger partial charge in [-0.2, -0.15) is 0 Å². The highest BCUT2D eigenvalue weighted by atomic mass is 35.5. The van der Waals surface area contributed by atoms with Crippen LogP contribution in [0.15, 0.2) is 0 Å². The van der Waals surface area contributed by atoms with Crippen molar-refractivity contribution in [2.45, 2.75) is 58.6 Å². The lowest BCUT2D eigenvalue weighted by atomic mass is 10.0. The van der Waals surface area contributed by atoms with E-state index in [1.807, 2.05) is 0 Å². The molecule has 2 atom stereocenters. The number of halogens is 1. The van der Waals surface area contributed by atoms with Crippen molar-refractivity contribution in [2.24, 2.45) is 0 Å². The van der Waals surface area contributed by atoms with Crippen LogP contribution in [0.4, 0.5) is 0 Å². The van der Waals surface area contributed by atoms with Crippen molar-refractivity contribution in [2.75, 3.05) is 19.7 Å². The Balaban J connectivity index is 0.00000196. The van der Waals surface area contributed by atoms with Crippen LogP contribution in [0.2, 0.25) is 0 Å². The second kappa shape index (κ2) is 8.37. The minimum atomic E-state index is 0. The highest BCUT2D eigenvalue weighted by Crippen LogP contribution is 2.22. The van der Waals surface area contributed by atoms with Crippen molar-refractivity contribution >= 4 is 12.4 Å². The SMILES string of the molecule is CCCCC(CC1CO1)N(CC)CC.Cl. The minimum absolute atomic E-state index is 0. The van der Waals surface area contributed by atoms with E-state index in [9.17, 15) is 0 Å². The van der Waals surface area contributed by atoms with Gasteiger partial charge in [-0.25, -0.2) is 0 Å². The summed E-state index contributed by atoms with van der Waals surface area (Å²) in [5.41, 5.74) is 0. The lowest BCUT2D eigenvalue weighted by Crippen LogP contribution is -2.36. The summed E-state index contributed by atoms with van der Waals surface area (Å²) in [5.74, 6) is 0. The summed E-state index contributed by atoms with van der Waals surface area (Å²) < 4.78 is 5.33. The molecule has 0 aliphatic carbocycles. The molecule has 1 aliphatic heterocycles. The topological polar surface area (TPSA) is 15.8 Å². The number of hydrogen-bond acceptors (Lipinski definition) is 2. The van der Waals surface area contributed by atoms with Crippen molar-refractivity contribution in [1.82, 2.24) is 4.90 Å². The van der Waals surface area contributed by atoms with Gasteiger partial charge < -0.3 is 9.64 Å². The van der Waals surface area contributed by atoms with Crippen LogP contribution in [0.25, 0.3) is 0 Å². The van der Waals surface area contributed by atoms with E-state index < -0.39 is 0 Å². The number of rotatable bonds is 8. The molecule has 3 heteroatoms. The molecule has 1 aliphatic rings. The molecule has 2 unspecified atom stereocenters. The predicted octanol–water partition coefficient (Wildman–Crippen LogP) is 3.10. The van der Waals surface area contributed by atoms with Crippen LogP contribution >= 0.6 is 12.4 Å². The third-order valence-corrected chi connectivity index (χ3v) is 3.16. The second-order valence-corrected chi connectivity index (χ2v) is 4.21. The van der Waals surface area contributed by atoms with Gasteiger partial charge in [0.2, 0.25) is 0 Å². The summed E-state index contributed by atoms with van der Waals surface area (Å²) in [6.07, 6.45) is 5.84. The minimum Gasteiger partial charge on any atom is -0.373 e. The Hall–Kier alpha value is 0.210. The molecule has 0 radical (unpaired) electrons. The molecular formula is C12H26ClNO. The van der Waals surface area contributed by atoms with Gasteiger partial charge in [-0.15, -0.1) is 12.4 Å². The van der Waals surface area contributed by atoms with Crippen LogP contribution in [0.3, 0.4) is 0 Å². The average molecular weight is 236 g/mol. The van der Waals surface area contributed by atoms with E-state index in [2.05, 4.69) is 25.7 Å². The van der Waals surface area contributed by atoms with Crippen LogP contribution in [-0.4, -0.2) is 36.7 Å². The standard InChI is InChI=1S/C12H25NO.ClH/c1-4-7-8-11(9-12-10-14-12)13(5-2)6-3;/h11-12H,4-10H2,1-3H3;1H. The lowest BCUT2D eigenvalue weighted by molar-refractivity contribution is 0.180. The molecular weight excluding hydrogens is 210 g/mol. The highest BCUT2D eigenvalue weighted by Gasteiger charge is 2.28. The Morgan fingerprint density at radius 1 is 1.27 bits per heavy atom. The molecule has 2 nitrogen and oxygen atoms in total. The van der Waals surface area contributed by atoms with Gasteiger partial charge in [0.15, 0.2) is 0 Å². The van der Waals surface area contributed by atoms with E-state index in [-0.39, 0.29) is 12.4 Å². The van der Waals surface area contributed by atoms with Gasteiger partial charge in [0, 0.05) is 6.04 Å². The molecule has 1 saturated heterocycles. The Kier molecular flexibility index (Phi) is 8.49. The molecule has 1 heterocycles.